The summed E-state index contributed by atoms with van der Waals surface area (Å²) in [5.74, 6) is 0.0816. The van der Waals surface area contributed by atoms with Crippen molar-refractivity contribution in [2.45, 2.75) is 38.0 Å². The molecule has 5 nitrogen and oxygen atoms in total. The first-order valence-corrected chi connectivity index (χ1v) is 8.77. The molecule has 2 amide bonds. The van der Waals surface area contributed by atoms with Gasteiger partial charge in [-0.3, -0.25) is 14.5 Å². The maximum absolute atomic E-state index is 12.9. The summed E-state index contributed by atoms with van der Waals surface area (Å²) in [6, 6.07) is 4.41. The molecule has 1 aliphatic heterocycles. The minimum atomic E-state index is -4.41. The van der Waals surface area contributed by atoms with E-state index in [4.69, 9.17) is 0 Å². The minimum absolute atomic E-state index is 0.0114. The standard InChI is InChI=1S/C18H22F3N3O2/c19-18(20,21)14-3-1-2-13(8-14)11-24-7-6-22-17(26)15(24)9-16(25)23-10-12-4-5-12/h1-3,8,12,15H,4-7,9-11H2,(H,22,26)(H,23,25). The molecule has 2 aliphatic rings. The summed E-state index contributed by atoms with van der Waals surface area (Å²) in [6.07, 6.45) is -2.16. The van der Waals surface area contributed by atoms with Crippen LogP contribution in [0.1, 0.15) is 30.4 Å². The Hall–Kier alpha value is -2.09. The number of amides is 2. The highest BCUT2D eigenvalue weighted by atomic mass is 19.4. The zero-order chi connectivity index (χ0) is 18.7. The third-order valence-corrected chi connectivity index (χ3v) is 4.75. The molecule has 3 rings (SSSR count). The number of carbonyl (C=O) groups excluding carboxylic acids is 2. The molecular weight excluding hydrogens is 347 g/mol. The second-order valence-electron chi connectivity index (χ2n) is 6.93. The van der Waals surface area contributed by atoms with Gasteiger partial charge in [0.05, 0.1) is 18.0 Å². The van der Waals surface area contributed by atoms with Crippen molar-refractivity contribution < 1.29 is 22.8 Å². The van der Waals surface area contributed by atoms with E-state index in [2.05, 4.69) is 10.6 Å². The van der Waals surface area contributed by atoms with E-state index in [-0.39, 0.29) is 24.8 Å². The summed E-state index contributed by atoms with van der Waals surface area (Å²) in [5.41, 5.74) is -0.242. The molecule has 2 N–H and O–H groups in total. The van der Waals surface area contributed by atoms with E-state index in [0.29, 0.717) is 31.1 Å². The SMILES string of the molecule is O=C(CC1C(=O)NCCN1Cc1cccc(C(F)(F)F)c1)NCC1CC1. The van der Waals surface area contributed by atoms with Crippen molar-refractivity contribution in [2.24, 2.45) is 5.92 Å². The van der Waals surface area contributed by atoms with Crippen LogP contribution in [0.4, 0.5) is 13.2 Å². The fourth-order valence-electron chi connectivity index (χ4n) is 3.08. The molecule has 1 saturated heterocycles. The van der Waals surface area contributed by atoms with Crippen molar-refractivity contribution >= 4 is 11.8 Å². The molecule has 0 radical (unpaired) electrons. The lowest BCUT2D eigenvalue weighted by Gasteiger charge is -2.34. The van der Waals surface area contributed by atoms with Gasteiger partial charge in [-0.15, -0.1) is 0 Å². The van der Waals surface area contributed by atoms with Gasteiger partial charge in [0, 0.05) is 26.2 Å². The number of hydrogen-bond donors (Lipinski definition) is 2. The van der Waals surface area contributed by atoms with E-state index in [9.17, 15) is 22.8 Å². The lowest BCUT2D eigenvalue weighted by Crippen LogP contribution is -2.56. The van der Waals surface area contributed by atoms with E-state index in [1.807, 2.05) is 0 Å². The van der Waals surface area contributed by atoms with E-state index in [0.717, 1.165) is 25.0 Å². The van der Waals surface area contributed by atoms with Gasteiger partial charge < -0.3 is 10.6 Å². The number of rotatable bonds is 6. The lowest BCUT2D eigenvalue weighted by atomic mass is 10.0. The third kappa shape index (κ3) is 4.97. The summed E-state index contributed by atoms with van der Waals surface area (Å²) in [7, 11) is 0. The predicted octanol–water partition coefficient (Wildman–Crippen LogP) is 1.92. The van der Waals surface area contributed by atoms with Crippen molar-refractivity contribution in [1.82, 2.24) is 15.5 Å². The first-order valence-electron chi connectivity index (χ1n) is 8.77. The molecule has 1 heterocycles. The number of nitrogens with zero attached hydrogens (tertiary/aromatic N) is 1. The van der Waals surface area contributed by atoms with Crippen LogP contribution in [-0.2, 0) is 22.3 Å². The zero-order valence-corrected chi connectivity index (χ0v) is 14.3. The maximum Gasteiger partial charge on any atom is 0.416 e. The highest BCUT2D eigenvalue weighted by Gasteiger charge is 2.33. The molecule has 1 saturated carbocycles. The molecule has 1 aromatic rings. The van der Waals surface area contributed by atoms with E-state index >= 15 is 0 Å². The Bertz CT molecular complexity index is 674. The van der Waals surface area contributed by atoms with Gasteiger partial charge in [-0.05, 0) is 30.4 Å². The summed E-state index contributed by atoms with van der Waals surface area (Å²) >= 11 is 0. The molecule has 2 fully saturated rings. The van der Waals surface area contributed by atoms with Gasteiger partial charge in [-0.25, -0.2) is 0 Å². The first-order chi connectivity index (χ1) is 12.3. The molecule has 0 aromatic heterocycles. The normalized spacial score (nSPS) is 21.3. The second kappa shape index (κ2) is 7.65. The fourth-order valence-corrected chi connectivity index (χ4v) is 3.08. The molecule has 1 unspecified atom stereocenters. The van der Waals surface area contributed by atoms with Crippen LogP contribution in [0.3, 0.4) is 0 Å². The number of carbonyl (C=O) groups is 2. The van der Waals surface area contributed by atoms with Gasteiger partial charge in [0.25, 0.3) is 0 Å². The lowest BCUT2D eigenvalue weighted by molar-refractivity contribution is -0.137. The van der Waals surface area contributed by atoms with E-state index < -0.39 is 17.8 Å². The van der Waals surface area contributed by atoms with E-state index in [1.165, 1.54) is 6.07 Å². The van der Waals surface area contributed by atoms with Gasteiger partial charge >= 0.3 is 6.18 Å². The van der Waals surface area contributed by atoms with Gasteiger partial charge in [0.15, 0.2) is 0 Å². The quantitative estimate of drug-likeness (QED) is 0.806. The third-order valence-electron chi connectivity index (χ3n) is 4.75. The molecule has 1 aliphatic carbocycles. The Kier molecular flexibility index (Phi) is 5.50. The summed E-state index contributed by atoms with van der Waals surface area (Å²) in [6.45, 7) is 1.72. The van der Waals surface area contributed by atoms with Crippen LogP contribution < -0.4 is 10.6 Å². The summed E-state index contributed by atoms with van der Waals surface area (Å²) in [4.78, 5) is 26.1. The summed E-state index contributed by atoms with van der Waals surface area (Å²) < 4.78 is 38.6. The van der Waals surface area contributed by atoms with Crippen LogP contribution in [0.25, 0.3) is 0 Å². The number of piperazine rings is 1. The van der Waals surface area contributed by atoms with Crippen LogP contribution in [0.15, 0.2) is 24.3 Å². The minimum Gasteiger partial charge on any atom is -0.356 e. The van der Waals surface area contributed by atoms with Crippen molar-refractivity contribution in [1.29, 1.82) is 0 Å². The highest BCUT2D eigenvalue weighted by Crippen LogP contribution is 2.30. The zero-order valence-electron chi connectivity index (χ0n) is 14.3. The smallest absolute Gasteiger partial charge is 0.356 e. The van der Waals surface area contributed by atoms with E-state index in [1.54, 1.807) is 11.0 Å². The van der Waals surface area contributed by atoms with Crippen molar-refractivity contribution in [3.63, 3.8) is 0 Å². The van der Waals surface area contributed by atoms with Crippen LogP contribution in [0.2, 0.25) is 0 Å². The average molecular weight is 369 g/mol. The van der Waals surface area contributed by atoms with Crippen molar-refractivity contribution in [3.8, 4) is 0 Å². The highest BCUT2D eigenvalue weighted by molar-refractivity contribution is 5.88. The molecule has 26 heavy (non-hydrogen) atoms. The van der Waals surface area contributed by atoms with Crippen LogP contribution in [0, 0.1) is 5.92 Å². The number of halogens is 3. The number of nitrogens with one attached hydrogen (secondary N) is 2. The monoisotopic (exact) mass is 369 g/mol. The molecule has 0 bridgehead atoms. The Morgan fingerprint density at radius 2 is 2.08 bits per heavy atom. The molecular formula is C18H22F3N3O2. The van der Waals surface area contributed by atoms with Crippen LogP contribution in [0.5, 0.6) is 0 Å². The number of benzene rings is 1. The number of alkyl halides is 3. The summed E-state index contributed by atoms with van der Waals surface area (Å²) in [5, 5.41) is 5.56. The first kappa shape index (κ1) is 18.7. The predicted molar refractivity (Wildman–Crippen MR) is 89.0 cm³/mol. The van der Waals surface area contributed by atoms with Gasteiger partial charge in [-0.2, -0.15) is 13.2 Å². The molecule has 1 aromatic carbocycles. The van der Waals surface area contributed by atoms with Gasteiger partial charge in [0.2, 0.25) is 11.8 Å². The second-order valence-corrected chi connectivity index (χ2v) is 6.93. The Labute approximate surface area is 149 Å². The van der Waals surface area contributed by atoms with Crippen LogP contribution >= 0.6 is 0 Å². The number of hydrogen-bond acceptors (Lipinski definition) is 3. The molecule has 1 atom stereocenters. The largest absolute Gasteiger partial charge is 0.416 e. The fraction of sp³-hybridized carbons (Fsp3) is 0.556. The maximum atomic E-state index is 12.9. The van der Waals surface area contributed by atoms with Crippen LogP contribution in [-0.4, -0.2) is 42.4 Å². The Morgan fingerprint density at radius 3 is 2.77 bits per heavy atom. The van der Waals surface area contributed by atoms with Crippen molar-refractivity contribution in [3.05, 3.63) is 35.4 Å². The topological polar surface area (TPSA) is 61.4 Å². The molecule has 0 spiro atoms. The molecule has 8 heteroatoms. The van der Waals surface area contributed by atoms with Gasteiger partial charge in [-0.1, -0.05) is 18.2 Å². The molecule has 142 valence electrons. The van der Waals surface area contributed by atoms with Crippen molar-refractivity contribution in [2.75, 3.05) is 19.6 Å². The Balaban J connectivity index is 1.65. The Morgan fingerprint density at radius 1 is 1.31 bits per heavy atom. The van der Waals surface area contributed by atoms with Gasteiger partial charge in [0.1, 0.15) is 0 Å². The average Bonchev–Trinajstić information content (AvgIpc) is 3.40.